The van der Waals surface area contributed by atoms with Gasteiger partial charge in [-0.05, 0) is 36.6 Å². The predicted molar refractivity (Wildman–Crippen MR) is 76.2 cm³/mol. The lowest BCUT2D eigenvalue weighted by Crippen LogP contribution is -2.01. The number of benzene rings is 2. The van der Waals surface area contributed by atoms with E-state index in [9.17, 15) is 0 Å². The minimum atomic E-state index is 0.108. The molecule has 0 aromatic heterocycles. The quantitative estimate of drug-likeness (QED) is 0.723. The maximum Gasteiger partial charge on any atom is 0.0627 e. The fraction of sp³-hybridized carbons (Fsp3) is 0.200. The fourth-order valence-electron chi connectivity index (χ4n) is 1.98. The van der Waals surface area contributed by atoms with Crippen LogP contribution >= 0.6 is 0 Å². The molecule has 3 nitrogen and oxygen atoms in total. The third kappa shape index (κ3) is 2.46. The van der Waals surface area contributed by atoms with E-state index in [-0.39, 0.29) is 6.61 Å². The first-order valence-corrected chi connectivity index (χ1v) is 5.97. The summed E-state index contributed by atoms with van der Waals surface area (Å²) in [5.74, 6) is 0. The molecule has 2 aromatic carbocycles. The largest absolute Gasteiger partial charge is 0.397 e. The van der Waals surface area contributed by atoms with E-state index in [1.165, 1.54) is 5.56 Å². The maximum atomic E-state index is 9.01. The predicted octanol–water partition coefficient (Wildman–Crippen LogP) is 2.36. The van der Waals surface area contributed by atoms with Crippen molar-refractivity contribution in [2.24, 2.45) is 0 Å². The Kier molecular flexibility index (Phi) is 3.53. The summed E-state index contributed by atoms with van der Waals surface area (Å²) in [5, 5.41) is 9.01. The van der Waals surface area contributed by atoms with Gasteiger partial charge in [0.05, 0.1) is 11.4 Å². The Morgan fingerprint density at radius 3 is 2.33 bits per heavy atom. The number of aliphatic hydroxyl groups excluding tert-OH is 1. The Morgan fingerprint density at radius 2 is 1.72 bits per heavy atom. The van der Waals surface area contributed by atoms with Gasteiger partial charge in [0.2, 0.25) is 0 Å². The molecule has 0 atom stereocenters. The normalized spacial score (nSPS) is 10.6. The van der Waals surface area contributed by atoms with Crippen LogP contribution in [0.15, 0.2) is 36.4 Å². The average Bonchev–Trinajstić information content (AvgIpc) is 2.35. The zero-order chi connectivity index (χ0) is 13.1. The van der Waals surface area contributed by atoms with Crippen LogP contribution in [-0.2, 0) is 6.42 Å². The first kappa shape index (κ1) is 12.5. The Labute approximate surface area is 107 Å². The summed E-state index contributed by atoms with van der Waals surface area (Å²) in [7, 11) is 0. The number of rotatable bonds is 3. The second-order valence-corrected chi connectivity index (χ2v) is 4.49. The van der Waals surface area contributed by atoms with Crippen molar-refractivity contribution in [2.45, 2.75) is 13.3 Å². The summed E-state index contributed by atoms with van der Waals surface area (Å²) in [4.78, 5) is 0. The van der Waals surface area contributed by atoms with E-state index in [1.54, 1.807) is 0 Å². The molecule has 2 rings (SSSR count). The molecule has 0 aliphatic heterocycles. The molecule has 0 heterocycles. The number of nitrogen functional groups attached to an aromatic ring is 2. The number of hydrogen-bond acceptors (Lipinski definition) is 3. The van der Waals surface area contributed by atoms with Crippen molar-refractivity contribution in [3.05, 3.63) is 47.5 Å². The average molecular weight is 242 g/mol. The van der Waals surface area contributed by atoms with Gasteiger partial charge in [0.1, 0.15) is 0 Å². The topological polar surface area (TPSA) is 72.3 Å². The molecule has 94 valence electrons. The van der Waals surface area contributed by atoms with Crippen molar-refractivity contribution >= 4 is 11.4 Å². The summed E-state index contributed by atoms with van der Waals surface area (Å²) in [6.45, 7) is 2.15. The number of aliphatic hydroxyl groups is 1. The van der Waals surface area contributed by atoms with Crippen LogP contribution in [0.4, 0.5) is 11.4 Å². The van der Waals surface area contributed by atoms with E-state index >= 15 is 0 Å². The SMILES string of the molecule is Cc1ccc(-c2cc(CCO)cc(N)c2N)cc1. The van der Waals surface area contributed by atoms with Gasteiger partial charge in [0, 0.05) is 12.2 Å². The highest BCUT2D eigenvalue weighted by atomic mass is 16.2. The van der Waals surface area contributed by atoms with Crippen LogP contribution in [0.1, 0.15) is 11.1 Å². The fourth-order valence-corrected chi connectivity index (χ4v) is 1.98. The summed E-state index contributed by atoms with van der Waals surface area (Å²) >= 11 is 0. The summed E-state index contributed by atoms with van der Waals surface area (Å²) in [6, 6.07) is 12.0. The van der Waals surface area contributed by atoms with Crippen LogP contribution in [-0.4, -0.2) is 11.7 Å². The molecule has 18 heavy (non-hydrogen) atoms. The molecule has 3 heteroatoms. The lowest BCUT2D eigenvalue weighted by atomic mass is 9.98. The molecule has 0 bridgehead atoms. The van der Waals surface area contributed by atoms with Gasteiger partial charge >= 0.3 is 0 Å². The van der Waals surface area contributed by atoms with Gasteiger partial charge in [0.25, 0.3) is 0 Å². The Morgan fingerprint density at radius 1 is 1.06 bits per heavy atom. The molecule has 0 radical (unpaired) electrons. The molecule has 0 amide bonds. The van der Waals surface area contributed by atoms with Crippen molar-refractivity contribution in [1.82, 2.24) is 0 Å². The van der Waals surface area contributed by atoms with Crippen molar-refractivity contribution in [2.75, 3.05) is 18.1 Å². The van der Waals surface area contributed by atoms with E-state index in [4.69, 9.17) is 16.6 Å². The van der Waals surface area contributed by atoms with Crippen molar-refractivity contribution in [3.8, 4) is 11.1 Å². The highest BCUT2D eigenvalue weighted by Crippen LogP contribution is 2.32. The lowest BCUT2D eigenvalue weighted by molar-refractivity contribution is 0.299. The molecule has 2 aromatic rings. The Hall–Kier alpha value is -2.00. The lowest BCUT2D eigenvalue weighted by Gasteiger charge is -2.12. The monoisotopic (exact) mass is 242 g/mol. The molecule has 0 aliphatic rings. The van der Waals surface area contributed by atoms with Gasteiger partial charge in [-0.1, -0.05) is 29.8 Å². The molecule has 0 saturated heterocycles. The van der Waals surface area contributed by atoms with E-state index in [1.807, 2.05) is 43.3 Å². The second-order valence-electron chi connectivity index (χ2n) is 4.49. The first-order valence-electron chi connectivity index (χ1n) is 5.97. The standard InChI is InChI=1S/C15H18N2O/c1-10-2-4-12(5-3-10)13-8-11(6-7-18)9-14(16)15(13)17/h2-5,8-9,18H,6-7,16-17H2,1H3. The Bertz CT molecular complexity index is 547. The maximum absolute atomic E-state index is 9.01. The molecule has 0 spiro atoms. The van der Waals surface area contributed by atoms with Crippen LogP contribution in [0.5, 0.6) is 0 Å². The minimum Gasteiger partial charge on any atom is -0.397 e. The molecule has 0 saturated carbocycles. The zero-order valence-corrected chi connectivity index (χ0v) is 10.5. The van der Waals surface area contributed by atoms with Crippen LogP contribution in [0.25, 0.3) is 11.1 Å². The first-order chi connectivity index (χ1) is 8.61. The van der Waals surface area contributed by atoms with Crippen molar-refractivity contribution in [3.63, 3.8) is 0 Å². The Balaban J connectivity index is 2.51. The minimum absolute atomic E-state index is 0.108. The number of aryl methyl sites for hydroxylation is 1. The van der Waals surface area contributed by atoms with Gasteiger partial charge in [-0.25, -0.2) is 0 Å². The van der Waals surface area contributed by atoms with E-state index in [0.29, 0.717) is 17.8 Å². The third-order valence-corrected chi connectivity index (χ3v) is 3.03. The van der Waals surface area contributed by atoms with Gasteiger partial charge in [-0.2, -0.15) is 0 Å². The third-order valence-electron chi connectivity index (χ3n) is 3.03. The van der Waals surface area contributed by atoms with Gasteiger partial charge < -0.3 is 16.6 Å². The van der Waals surface area contributed by atoms with Gasteiger partial charge in [-0.15, -0.1) is 0 Å². The van der Waals surface area contributed by atoms with Crippen LogP contribution in [0, 0.1) is 6.92 Å². The van der Waals surface area contributed by atoms with Crippen LogP contribution in [0.2, 0.25) is 0 Å². The highest BCUT2D eigenvalue weighted by molar-refractivity contribution is 5.85. The van der Waals surface area contributed by atoms with Crippen molar-refractivity contribution < 1.29 is 5.11 Å². The summed E-state index contributed by atoms with van der Waals surface area (Å²) < 4.78 is 0. The van der Waals surface area contributed by atoms with Crippen LogP contribution < -0.4 is 11.5 Å². The second kappa shape index (κ2) is 5.10. The number of nitrogens with two attached hydrogens (primary N) is 2. The molecule has 0 fully saturated rings. The highest BCUT2D eigenvalue weighted by Gasteiger charge is 2.08. The zero-order valence-electron chi connectivity index (χ0n) is 10.5. The van der Waals surface area contributed by atoms with Crippen LogP contribution in [0.3, 0.4) is 0 Å². The van der Waals surface area contributed by atoms with E-state index in [0.717, 1.165) is 16.7 Å². The number of hydrogen-bond donors (Lipinski definition) is 3. The van der Waals surface area contributed by atoms with E-state index in [2.05, 4.69) is 0 Å². The molecule has 0 unspecified atom stereocenters. The number of anilines is 2. The van der Waals surface area contributed by atoms with E-state index < -0.39 is 0 Å². The molecular formula is C15H18N2O. The van der Waals surface area contributed by atoms with Crippen molar-refractivity contribution in [1.29, 1.82) is 0 Å². The molecule has 0 aliphatic carbocycles. The molecule has 5 N–H and O–H groups in total. The summed E-state index contributed by atoms with van der Waals surface area (Å²) in [6.07, 6.45) is 0.587. The van der Waals surface area contributed by atoms with Gasteiger partial charge in [-0.3, -0.25) is 0 Å². The smallest absolute Gasteiger partial charge is 0.0627 e. The summed E-state index contributed by atoms with van der Waals surface area (Å²) in [5.41, 5.74) is 17.3. The molecular weight excluding hydrogens is 224 g/mol. The van der Waals surface area contributed by atoms with Gasteiger partial charge in [0.15, 0.2) is 0 Å².